The van der Waals surface area contributed by atoms with E-state index in [4.69, 9.17) is 14.6 Å². The second-order valence-corrected chi connectivity index (χ2v) is 11.0. The maximum absolute atomic E-state index is 13.0. The Morgan fingerprint density at radius 3 is 2.08 bits per heavy atom. The number of benzene rings is 2. The zero-order valence-electron chi connectivity index (χ0n) is 22.8. The molecule has 0 heterocycles. The van der Waals surface area contributed by atoms with Crippen LogP contribution in [0.5, 0.6) is 0 Å². The van der Waals surface area contributed by atoms with Gasteiger partial charge in [0.05, 0.1) is 12.6 Å². The minimum atomic E-state index is -1.20. The molecule has 38 heavy (non-hydrogen) atoms. The number of aliphatic hydroxyl groups excluding tert-OH is 1. The molecule has 8 heteroatoms. The monoisotopic (exact) mass is 520 g/mol. The van der Waals surface area contributed by atoms with Crippen molar-refractivity contribution in [1.82, 2.24) is 10.6 Å². The van der Waals surface area contributed by atoms with E-state index < -0.39 is 35.2 Å². The van der Waals surface area contributed by atoms with Crippen LogP contribution in [0.2, 0.25) is 0 Å². The number of hydrogen-bond donors (Lipinski definition) is 3. The third kappa shape index (κ3) is 7.83. The molecule has 0 aromatic heterocycles. The van der Waals surface area contributed by atoms with E-state index in [1.54, 1.807) is 46.8 Å². The molecule has 2 aromatic rings. The SMILES string of the molecule is COC(=O)C(NC(=O)c1ccc(-c2ccc(C#C[C@H]3C[C@@H]3CO)cc2)cc1)C(C)(C)NC(=O)OC(C)(C)C. The van der Waals surface area contributed by atoms with E-state index in [-0.39, 0.29) is 12.5 Å². The molecule has 1 aliphatic carbocycles. The largest absolute Gasteiger partial charge is 0.467 e. The maximum Gasteiger partial charge on any atom is 0.408 e. The molecule has 0 radical (unpaired) electrons. The van der Waals surface area contributed by atoms with Gasteiger partial charge in [0, 0.05) is 23.7 Å². The second kappa shape index (κ2) is 11.7. The molecule has 1 saturated carbocycles. The van der Waals surface area contributed by atoms with Crippen LogP contribution < -0.4 is 10.6 Å². The first kappa shape index (κ1) is 28.7. The molecule has 3 rings (SSSR count). The van der Waals surface area contributed by atoms with Crippen LogP contribution in [0.1, 0.15) is 57.0 Å². The number of carbonyl (C=O) groups is 3. The van der Waals surface area contributed by atoms with E-state index in [1.165, 1.54) is 7.11 Å². The lowest BCUT2D eigenvalue weighted by molar-refractivity contribution is -0.144. The average molecular weight is 521 g/mol. The van der Waals surface area contributed by atoms with Crippen LogP contribution >= 0.6 is 0 Å². The molecule has 1 aliphatic rings. The molecule has 3 atom stereocenters. The van der Waals surface area contributed by atoms with Crippen molar-refractivity contribution in [3.63, 3.8) is 0 Å². The van der Waals surface area contributed by atoms with Crippen LogP contribution in [-0.4, -0.2) is 54.0 Å². The Bertz CT molecular complexity index is 1220. The predicted molar refractivity (Wildman–Crippen MR) is 144 cm³/mol. The number of ether oxygens (including phenoxy) is 2. The maximum atomic E-state index is 13.0. The van der Waals surface area contributed by atoms with Crippen molar-refractivity contribution in [3.8, 4) is 23.0 Å². The standard InChI is InChI=1S/C30H36N2O6/c1-29(2,3)38-28(36)32-30(4,5)25(27(35)37-6)31-26(34)22-15-13-21(14-16-22)20-10-7-19(8-11-20)9-12-23-17-24(23)18-33/h7-8,10-11,13-16,23-25,33H,17-18H2,1-6H3,(H,31,34)(H,32,36)/t23-,24+,25?/m0/s1. The molecule has 1 unspecified atom stereocenters. The Kier molecular flexibility index (Phi) is 8.85. The van der Waals surface area contributed by atoms with Crippen molar-refractivity contribution in [2.45, 2.75) is 58.2 Å². The first-order valence-corrected chi connectivity index (χ1v) is 12.6. The second-order valence-electron chi connectivity index (χ2n) is 11.0. The molecule has 8 nitrogen and oxygen atoms in total. The van der Waals surface area contributed by atoms with Crippen LogP contribution in [0.3, 0.4) is 0 Å². The fourth-order valence-electron chi connectivity index (χ4n) is 3.87. The molecule has 2 amide bonds. The van der Waals surface area contributed by atoms with Gasteiger partial charge in [0.2, 0.25) is 0 Å². The molecule has 1 fully saturated rings. The highest BCUT2D eigenvalue weighted by molar-refractivity contribution is 5.97. The summed E-state index contributed by atoms with van der Waals surface area (Å²) in [6.45, 7) is 8.59. The normalized spacial score (nSPS) is 17.3. The number of rotatable bonds is 7. The fraction of sp³-hybridized carbons (Fsp3) is 0.433. The fourth-order valence-corrected chi connectivity index (χ4v) is 3.87. The average Bonchev–Trinajstić information content (AvgIpc) is 3.63. The molecule has 0 saturated heterocycles. The molecule has 2 aromatic carbocycles. The van der Waals surface area contributed by atoms with Gasteiger partial charge in [-0.25, -0.2) is 9.59 Å². The van der Waals surface area contributed by atoms with Gasteiger partial charge in [-0.2, -0.15) is 0 Å². The zero-order chi connectivity index (χ0) is 28.1. The van der Waals surface area contributed by atoms with E-state index in [9.17, 15) is 14.4 Å². The van der Waals surface area contributed by atoms with Crippen LogP contribution in [0, 0.1) is 23.7 Å². The van der Waals surface area contributed by atoms with Crippen LogP contribution in [0.4, 0.5) is 4.79 Å². The van der Waals surface area contributed by atoms with E-state index in [1.807, 2.05) is 36.4 Å². The van der Waals surface area contributed by atoms with Crippen molar-refractivity contribution in [3.05, 3.63) is 59.7 Å². The van der Waals surface area contributed by atoms with Gasteiger partial charge in [-0.05, 0) is 82.3 Å². The van der Waals surface area contributed by atoms with Gasteiger partial charge in [-0.1, -0.05) is 36.1 Å². The lowest BCUT2D eigenvalue weighted by Crippen LogP contribution is -2.62. The van der Waals surface area contributed by atoms with Crippen molar-refractivity contribution < 1.29 is 29.0 Å². The highest BCUT2D eigenvalue weighted by Gasteiger charge is 2.40. The van der Waals surface area contributed by atoms with Crippen LogP contribution in [-0.2, 0) is 14.3 Å². The number of aliphatic hydroxyl groups is 1. The smallest absolute Gasteiger partial charge is 0.408 e. The summed E-state index contributed by atoms with van der Waals surface area (Å²) in [7, 11) is 1.22. The number of esters is 1. The van der Waals surface area contributed by atoms with Gasteiger partial charge in [0.25, 0.3) is 5.91 Å². The highest BCUT2D eigenvalue weighted by Crippen LogP contribution is 2.37. The number of hydrogen-bond acceptors (Lipinski definition) is 6. The Morgan fingerprint density at radius 1 is 1.00 bits per heavy atom. The summed E-state index contributed by atoms with van der Waals surface area (Å²) >= 11 is 0. The summed E-state index contributed by atoms with van der Waals surface area (Å²) in [6.07, 6.45) is 0.244. The summed E-state index contributed by atoms with van der Waals surface area (Å²) in [6, 6.07) is 13.6. The quantitative estimate of drug-likeness (QED) is 0.377. The lowest BCUT2D eigenvalue weighted by atomic mass is 9.94. The van der Waals surface area contributed by atoms with Gasteiger partial charge < -0.3 is 25.2 Å². The molecule has 0 bridgehead atoms. The summed E-state index contributed by atoms with van der Waals surface area (Å²) in [5.74, 6) is 5.76. The summed E-state index contributed by atoms with van der Waals surface area (Å²) < 4.78 is 10.2. The lowest BCUT2D eigenvalue weighted by Gasteiger charge is -2.34. The minimum Gasteiger partial charge on any atom is -0.467 e. The molecular weight excluding hydrogens is 484 g/mol. The molecule has 3 N–H and O–H groups in total. The minimum absolute atomic E-state index is 0.191. The van der Waals surface area contributed by atoms with Crippen LogP contribution in [0.25, 0.3) is 11.1 Å². The third-order valence-electron chi connectivity index (χ3n) is 6.18. The predicted octanol–water partition coefficient (Wildman–Crippen LogP) is 3.91. The number of carbonyl (C=O) groups excluding carboxylic acids is 3. The summed E-state index contributed by atoms with van der Waals surface area (Å²) in [4.78, 5) is 37.9. The van der Waals surface area contributed by atoms with Crippen molar-refractivity contribution in [1.29, 1.82) is 0 Å². The highest BCUT2D eigenvalue weighted by atomic mass is 16.6. The van der Waals surface area contributed by atoms with Gasteiger partial charge in [0.15, 0.2) is 0 Å². The van der Waals surface area contributed by atoms with Gasteiger partial charge in [-0.3, -0.25) is 4.79 Å². The molecule has 0 spiro atoms. The molecular formula is C30H36N2O6. The molecule has 0 aliphatic heterocycles. The first-order chi connectivity index (χ1) is 17.8. The Labute approximate surface area is 224 Å². The van der Waals surface area contributed by atoms with Gasteiger partial charge >= 0.3 is 12.1 Å². The first-order valence-electron chi connectivity index (χ1n) is 12.6. The van der Waals surface area contributed by atoms with E-state index >= 15 is 0 Å². The Hall–Kier alpha value is -3.83. The van der Waals surface area contributed by atoms with Crippen molar-refractivity contribution in [2.24, 2.45) is 11.8 Å². The summed E-state index contributed by atoms with van der Waals surface area (Å²) in [5, 5.41) is 14.5. The zero-order valence-corrected chi connectivity index (χ0v) is 22.8. The number of amides is 2. The number of alkyl carbamates (subject to hydrolysis) is 1. The Morgan fingerprint density at radius 2 is 1.58 bits per heavy atom. The van der Waals surface area contributed by atoms with E-state index in [0.717, 1.165) is 23.1 Å². The van der Waals surface area contributed by atoms with E-state index in [0.29, 0.717) is 11.5 Å². The van der Waals surface area contributed by atoms with E-state index in [2.05, 4.69) is 22.5 Å². The molecule has 202 valence electrons. The van der Waals surface area contributed by atoms with Gasteiger partial charge in [0.1, 0.15) is 11.6 Å². The van der Waals surface area contributed by atoms with Crippen molar-refractivity contribution >= 4 is 18.0 Å². The third-order valence-corrected chi connectivity index (χ3v) is 6.18. The summed E-state index contributed by atoms with van der Waals surface area (Å²) in [5.41, 5.74) is 1.22. The topological polar surface area (TPSA) is 114 Å². The Balaban J connectivity index is 1.67. The number of nitrogens with one attached hydrogen (secondary N) is 2. The van der Waals surface area contributed by atoms with Crippen molar-refractivity contribution in [2.75, 3.05) is 13.7 Å². The van der Waals surface area contributed by atoms with Crippen LogP contribution in [0.15, 0.2) is 48.5 Å². The van der Waals surface area contributed by atoms with Gasteiger partial charge in [-0.15, -0.1) is 0 Å². The number of methoxy groups -OCH3 is 1.